The van der Waals surface area contributed by atoms with Gasteiger partial charge in [0.15, 0.2) is 0 Å². The van der Waals surface area contributed by atoms with Crippen molar-refractivity contribution in [2.75, 3.05) is 0 Å². The summed E-state index contributed by atoms with van der Waals surface area (Å²) < 4.78 is 2.16. The van der Waals surface area contributed by atoms with Crippen LogP contribution in [0.2, 0.25) is 0 Å². The quantitative estimate of drug-likeness (QED) is 0.810. The van der Waals surface area contributed by atoms with E-state index in [1.807, 2.05) is 12.5 Å². The van der Waals surface area contributed by atoms with Crippen molar-refractivity contribution in [2.24, 2.45) is 5.92 Å². The zero-order chi connectivity index (χ0) is 15.6. The summed E-state index contributed by atoms with van der Waals surface area (Å²) in [4.78, 5) is 4.33. The van der Waals surface area contributed by atoms with E-state index in [4.69, 9.17) is 0 Å². The molecule has 0 aliphatic heterocycles. The third-order valence-electron chi connectivity index (χ3n) is 6.08. The first kappa shape index (κ1) is 15.2. The fourth-order valence-corrected chi connectivity index (χ4v) is 4.77. The maximum Gasteiger partial charge on any atom is 0.0995 e. The van der Waals surface area contributed by atoms with E-state index in [1.165, 1.54) is 56.9 Å². The van der Waals surface area contributed by atoms with Crippen LogP contribution in [-0.4, -0.2) is 14.5 Å². The van der Waals surface area contributed by atoms with Crippen molar-refractivity contribution in [2.45, 2.75) is 76.2 Å². The van der Waals surface area contributed by atoms with E-state index < -0.39 is 0 Å². The predicted octanol–water partition coefficient (Wildman–Crippen LogP) is 5.00. The monoisotopic (exact) mass is 312 g/mol. The van der Waals surface area contributed by atoms with Crippen molar-refractivity contribution >= 4 is 5.52 Å². The number of rotatable bonds is 3. The number of nitrogens with zero attached hydrogens (tertiary/aromatic N) is 2. The van der Waals surface area contributed by atoms with Crippen LogP contribution in [0.5, 0.6) is 0 Å². The lowest BCUT2D eigenvalue weighted by Gasteiger charge is -2.27. The molecule has 0 radical (unpaired) electrons. The van der Waals surface area contributed by atoms with E-state index in [0.717, 1.165) is 24.1 Å². The molecule has 1 N–H and O–H groups in total. The van der Waals surface area contributed by atoms with Gasteiger partial charge in [0.1, 0.15) is 0 Å². The number of aromatic nitrogens is 2. The minimum absolute atomic E-state index is 0.346. The van der Waals surface area contributed by atoms with Crippen LogP contribution in [0.1, 0.15) is 87.5 Å². The van der Waals surface area contributed by atoms with E-state index in [1.54, 1.807) is 0 Å². The van der Waals surface area contributed by atoms with E-state index >= 15 is 0 Å². The average molecular weight is 312 g/mol. The van der Waals surface area contributed by atoms with Gasteiger partial charge in [0.25, 0.3) is 0 Å². The number of hydrogen-bond donors (Lipinski definition) is 1. The molecule has 124 valence electrons. The molecule has 0 saturated heterocycles. The van der Waals surface area contributed by atoms with Crippen LogP contribution in [0.25, 0.3) is 5.52 Å². The smallest absolute Gasteiger partial charge is 0.0995 e. The first-order valence-corrected chi connectivity index (χ1v) is 9.47. The zero-order valence-electron chi connectivity index (χ0n) is 14.0. The van der Waals surface area contributed by atoms with E-state index in [2.05, 4.69) is 21.5 Å². The molecule has 1 atom stereocenters. The molecule has 2 aliphatic rings. The molecule has 4 rings (SSSR count). The molecule has 2 heterocycles. The average Bonchev–Trinajstić information content (AvgIpc) is 3.19. The summed E-state index contributed by atoms with van der Waals surface area (Å²) >= 11 is 0. The number of aliphatic hydroxyl groups is 1. The molecule has 3 nitrogen and oxygen atoms in total. The third kappa shape index (κ3) is 2.91. The number of fused-ring (bicyclic) bond motifs is 1. The molecule has 2 aliphatic carbocycles. The fraction of sp³-hybridized carbons (Fsp3) is 0.650. The van der Waals surface area contributed by atoms with Gasteiger partial charge in [-0.2, -0.15) is 0 Å². The normalized spacial score (nSPS) is 22.5. The van der Waals surface area contributed by atoms with Gasteiger partial charge in [0.05, 0.1) is 29.8 Å². The highest BCUT2D eigenvalue weighted by atomic mass is 16.3. The number of imidazole rings is 1. The molecule has 2 aromatic heterocycles. The van der Waals surface area contributed by atoms with Gasteiger partial charge in [-0.05, 0) is 49.1 Å². The van der Waals surface area contributed by atoms with Crippen LogP contribution in [0.3, 0.4) is 0 Å². The van der Waals surface area contributed by atoms with Crippen LogP contribution in [-0.2, 0) is 0 Å². The largest absolute Gasteiger partial charge is 0.387 e. The number of hydrogen-bond acceptors (Lipinski definition) is 2. The molecule has 0 spiro atoms. The summed E-state index contributed by atoms with van der Waals surface area (Å²) in [5.74, 6) is 1.03. The van der Waals surface area contributed by atoms with Gasteiger partial charge >= 0.3 is 0 Å². The molecular weight excluding hydrogens is 284 g/mol. The molecule has 0 amide bonds. The Morgan fingerprint density at radius 3 is 2.39 bits per heavy atom. The number of pyridine rings is 1. The van der Waals surface area contributed by atoms with E-state index in [9.17, 15) is 5.11 Å². The highest BCUT2D eigenvalue weighted by Gasteiger charge is 2.29. The molecule has 0 aromatic carbocycles. The van der Waals surface area contributed by atoms with Crippen molar-refractivity contribution in [1.82, 2.24) is 9.38 Å². The van der Waals surface area contributed by atoms with E-state index in [0.29, 0.717) is 11.8 Å². The van der Waals surface area contributed by atoms with Crippen molar-refractivity contribution in [1.29, 1.82) is 0 Å². The Morgan fingerprint density at radius 2 is 1.65 bits per heavy atom. The Bertz CT molecular complexity index is 649. The second-order valence-electron chi connectivity index (χ2n) is 7.54. The first-order valence-electron chi connectivity index (χ1n) is 9.47. The van der Waals surface area contributed by atoms with Crippen LogP contribution in [0.4, 0.5) is 0 Å². The van der Waals surface area contributed by atoms with Crippen molar-refractivity contribution < 1.29 is 5.11 Å². The minimum atomic E-state index is -0.346. The van der Waals surface area contributed by atoms with Crippen LogP contribution >= 0.6 is 0 Å². The first-order chi connectivity index (χ1) is 11.3. The maximum atomic E-state index is 11.3. The van der Waals surface area contributed by atoms with Gasteiger partial charge in [-0.1, -0.05) is 44.6 Å². The Kier molecular flexibility index (Phi) is 4.39. The van der Waals surface area contributed by atoms with Crippen LogP contribution in [0, 0.1) is 5.92 Å². The van der Waals surface area contributed by atoms with E-state index in [-0.39, 0.29) is 6.10 Å². The second kappa shape index (κ2) is 6.64. The summed E-state index contributed by atoms with van der Waals surface area (Å²) in [6, 6.07) is 4.44. The van der Waals surface area contributed by atoms with Crippen molar-refractivity contribution in [3.05, 3.63) is 35.9 Å². The Morgan fingerprint density at radius 1 is 0.957 bits per heavy atom. The standard InChI is InChI=1S/C20H28N2O/c23-20(16-9-3-1-2-4-10-16)19-18(15-7-5-6-8-15)12-11-17-13-21-14-22(17)19/h11-16,20,23H,1-10H2. The Balaban J connectivity index is 1.75. The molecule has 2 saturated carbocycles. The van der Waals surface area contributed by atoms with Crippen molar-refractivity contribution in [3.63, 3.8) is 0 Å². The lowest BCUT2D eigenvalue weighted by atomic mass is 9.86. The second-order valence-corrected chi connectivity index (χ2v) is 7.54. The lowest BCUT2D eigenvalue weighted by Crippen LogP contribution is -2.18. The predicted molar refractivity (Wildman–Crippen MR) is 92.6 cm³/mol. The molecular formula is C20H28N2O. The number of aliphatic hydroxyl groups excluding tert-OH is 1. The van der Waals surface area contributed by atoms with Gasteiger partial charge in [-0.25, -0.2) is 4.98 Å². The zero-order valence-corrected chi connectivity index (χ0v) is 14.0. The minimum Gasteiger partial charge on any atom is -0.387 e. The fourth-order valence-electron chi connectivity index (χ4n) is 4.77. The Labute approximate surface area is 138 Å². The molecule has 3 heteroatoms. The lowest BCUT2D eigenvalue weighted by molar-refractivity contribution is 0.0923. The summed E-state index contributed by atoms with van der Waals surface area (Å²) in [5.41, 5.74) is 3.62. The maximum absolute atomic E-state index is 11.3. The summed E-state index contributed by atoms with van der Waals surface area (Å²) in [6.07, 6.45) is 16.1. The molecule has 2 aromatic rings. The molecule has 1 unspecified atom stereocenters. The highest BCUT2D eigenvalue weighted by molar-refractivity contribution is 5.49. The molecule has 2 fully saturated rings. The van der Waals surface area contributed by atoms with Crippen LogP contribution in [0.15, 0.2) is 24.7 Å². The highest BCUT2D eigenvalue weighted by Crippen LogP contribution is 2.41. The SMILES string of the molecule is OC(c1c(C2CCCC2)ccc2cncn12)C1CCCCCC1. The Hall–Kier alpha value is -1.35. The summed E-state index contributed by atoms with van der Waals surface area (Å²) in [7, 11) is 0. The summed E-state index contributed by atoms with van der Waals surface area (Å²) in [5, 5.41) is 11.3. The van der Waals surface area contributed by atoms with Crippen molar-refractivity contribution in [3.8, 4) is 0 Å². The van der Waals surface area contributed by atoms with Gasteiger partial charge in [-0.3, -0.25) is 0 Å². The van der Waals surface area contributed by atoms with Gasteiger partial charge in [-0.15, -0.1) is 0 Å². The van der Waals surface area contributed by atoms with Gasteiger partial charge in [0.2, 0.25) is 0 Å². The van der Waals surface area contributed by atoms with Gasteiger partial charge < -0.3 is 9.51 Å². The van der Waals surface area contributed by atoms with Crippen LogP contribution < -0.4 is 0 Å². The van der Waals surface area contributed by atoms with Gasteiger partial charge in [0, 0.05) is 0 Å². The summed E-state index contributed by atoms with van der Waals surface area (Å²) in [6.45, 7) is 0. The topological polar surface area (TPSA) is 37.5 Å². The third-order valence-corrected chi connectivity index (χ3v) is 6.08. The molecule has 0 bridgehead atoms. The molecule has 23 heavy (non-hydrogen) atoms.